The Hall–Kier alpha value is -1.92. The number of nitrogens with one attached hydrogen (secondary N) is 1. The maximum atomic E-state index is 8.92. The van der Waals surface area contributed by atoms with E-state index < -0.39 is 0 Å². The lowest BCUT2D eigenvalue weighted by Crippen LogP contribution is -2.16. The van der Waals surface area contributed by atoms with Crippen LogP contribution in [0.3, 0.4) is 0 Å². The molecule has 5 nitrogen and oxygen atoms in total. The molecule has 2 N–H and O–H groups in total. The van der Waals surface area contributed by atoms with E-state index in [-0.39, 0.29) is 6.61 Å². The van der Waals surface area contributed by atoms with Crippen LogP contribution in [0, 0.1) is 0 Å². The molecule has 3 aromatic rings. The predicted octanol–water partition coefficient (Wildman–Crippen LogP) is 3.77. The van der Waals surface area contributed by atoms with Gasteiger partial charge in [0.05, 0.1) is 6.54 Å². The molecule has 0 saturated carbocycles. The molecule has 1 heterocycles. The molecule has 0 amide bonds. The number of rotatable bonds is 8. The highest BCUT2D eigenvalue weighted by molar-refractivity contribution is 6.35. The second-order valence-electron chi connectivity index (χ2n) is 5.85. The summed E-state index contributed by atoms with van der Waals surface area (Å²) in [5, 5.41) is 22.7. The van der Waals surface area contributed by atoms with Gasteiger partial charge in [-0.1, -0.05) is 59.6 Å². The third kappa shape index (κ3) is 4.62. The SMILES string of the molecule is OCCCNCc1nn(Cc2c(Cl)cccc2Cl)nc1-c1ccccc1. The van der Waals surface area contributed by atoms with Gasteiger partial charge in [0.2, 0.25) is 0 Å². The summed E-state index contributed by atoms with van der Waals surface area (Å²) in [4.78, 5) is 1.62. The summed E-state index contributed by atoms with van der Waals surface area (Å²) in [6.07, 6.45) is 0.698. The highest BCUT2D eigenvalue weighted by Crippen LogP contribution is 2.26. The van der Waals surface area contributed by atoms with Gasteiger partial charge in [0.15, 0.2) is 0 Å². The molecule has 136 valence electrons. The summed E-state index contributed by atoms with van der Waals surface area (Å²) in [7, 11) is 0. The van der Waals surface area contributed by atoms with Gasteiger partial charge in [-0.3, -0.25) is 0 Å². The highest BCUT2D eigenvalue weighted by atomic mass is 35.5. The quantitative estimate of drug-likeness (QED) is 0.574. The van der Waals surface area contributed by atoms with Crippen LogP contribution < -0.4 is 5.32 Å². The fraction of sp³-hybridized carbons (Fsp3) is 0.263. The first kappa shape index (κ1) is 18.9. The number of hydrogen-bond donors (Lipinski definition) is 2. The van der Waals surface area contributed by atoms with Gasteiger partial charge in [0, 0.05) is 34.3 Å². The maximum Gasteiger partial charge on any atom is 0.117 e. The van der Waals surface area contributed by atoms with Crippen LogP contribution in [0.2, 0.25) is 10.0 Å². The Kier molecular flexibility index (Phi) is 6.63. The lowest BCUT2D eigenvalue weighted by molar-refractivity contribution is 0.286. The van der Waals surface area contributed by atoms with Crippen LogP contribution in [0.25, 0.3) is 11.3 Å². The van der Waals surface area contributed by atoms with E-state index in [2.05, 4.69) is 15.5 Å². The van der Waals surface area contributed by atoms with Crippen molar-refractivity contribution < 1.29 is 5.11 Å². The number of halogens is 2. The third-order valence-corrected chi connectivity index (χ3v) is 4.65. The number of hydrogen-bond acceptors (Lipinski definition) is 4. The summed E-state index contributed by atoms with van der Waals surface area (Å²) in [6.45, 7) is 1.85. The number of nitrogens with zero attached hydrogens (tertiary/aromatic N) is 3. The molecule has 0 radical (unpaired) electrons. The Labute approximate surface area is 162 Å². The zero-order valence-corrected chi connectivity index (χ0v) is 15.7. The molecule has 0 unspecified atom stereocenters. The largest absolute Gasteiger partial charge is 0.396 e. The van der Waals surface area contributed by atoms with Crippen molar-refractivity contribution in [1.82, 2.24) is 20.3 Å². The molecular formula is C19H20Cl2N4O. The average molecular weight is 391 g/mol. The minimum Gasteiger partial charge on any atom is -0.396 e. The molecule has 0 aliphatic carbocycles. The van der Waals surface area contributed by atoms with Gasteiger partial charge in [0.25, 0.3) is 0 Å². The first-order chi connectivity index (χ1) is 12.7. The molecule has 0 spiro atoms. The number of aliphatic hydroxyl groups excluding tert-OH is 1. The van der Waals surface area contributed by atoms with E-state index in [1.165, 1.54) is 0 Å². The van der Waals surface area contributed by atoms with Crippen molar-refractivity contribution in [3.63, 3.8) is 0 Å². The molecule has 0 fully saturated rings. The van der Waals surface area contributed by atoms with Gasteiger partial charge >= 0.3 is 0 Å². The molecule has 0 aliphatic rings. The zero-order chi connectivity index (χ0) is 18.4. The smallest absolute Gasteiger partial charge is 0.117 e. The summed E-state index contributed by atoms with van der Waals surface area (Å²) < 4.78 is 0. The lowest BCUT2D eigenvalue weighted by Gasteiger charge is -2.05. The molecule has 26 heavy (non-hydrogen) atoms. The van der Waals surface area contributed by atoms with Gasteiger partial charge in [-0.15, -0.1) is 0 Å². The Balaban J connectivity index is 1.88. The van der Waals surface area contributed by atoms with Crippen molar-refractivity contribution in [2.45, 2.75) is 19.5 Å². The molecule has 7 heteroatoms. The summed E-state index contributed by atoms with van der Waals surface area (Å²) in [6, 6.07) is 15.4. The van der Waals surface area contributed by atoms with Crippen LogP contribution in [-0.4, -0.2) is 33.3 Å². The molecule has 1 aromatic heterocycles. The second kappa shape index (κ2) is 9.14. The Morgan fingerprint density at radius 1 is 0.962 bits per heavy atom. The first-order valence-corrected chi connectivity index (χ1v) is 9.18. The number of benzene rings is 2. The average Bonchev–Trinajstić information content (AvgIpc) is 3.05. The summed E-state index contributed by atoms with van der Waals surface area (Å²) in [5.41, 5.74) is 3.47. The van der Waals surface area contributed by atoms with Crippen LogP contribution in [0.15, 0.2) is 48.5 Å². The van der Waals surface area contributed by atoms with Crippen molar-refractivity contribution in [3.05, 3.63) is 69.8 Å². The van der Waals surface area contributed by atoms with Crippen LogP contribution in [-0.2, 0) is 13.1 Å². The lowest BCUT2D eigenvalue weighted by atomic mass is 10.1. The normalized spacial score (nSPS) is 11.0. The fourth-order valence-corrected chi connectivity index (χ4v) is 3.14. The van der Waals surface area contributed by atoms with Crippen LogP contribution in [0.4, 0.5) is 0 Å². The van der Waals surface area contributed by atoms with E-state index in [0.717, 1.165) is 22.5 Å². The minimum absolute atomic E-state index is 0.163. The zero-order valence-electron chi connectivity index (χ0n) is 14.2. The summed E-state index contributed by atoms with van der Waals surface area (Å²) >= 11 is 12.5. The molecule has 0 saturated heterocycles. The van der Waals surface area contributed by atoms with Crippen molar-refractivity contribution >= 4 is 23.2 Å². The van der Waals surface area contributed by atoms with Crippen molar-refractivity contribution in [2.75, 3.05) is 13.2 Å². The van der Waals surface area contributed by atoms with Crippen molar-refractivity contribution in [2.24, 2.45) is 0 Å². The van der Waals surface area contributed by atoms with E-state index in [0.29, 0.717) is 36.1 Å². The summed E-state index contributed by atoms with van der Waals surface area (Å²) in [5.74, 6) is 0. The maximum absolute atomic E-state index is 8.92. The molecule has 0 bridgehead atoms. The molecular weight excluding hydrogens is 371 g/mol. The first-order valence-electron chi connectivity index (χ1n) is 8.43. The minimum atomic E-state index is 0.163. The molecule has 0 atom stereocenters. The highest BCUT2D eigenvalue weighted by Gasteiger charge is 2.15. The third-order valence-electron chi connectivity index (χ3n) is 3.94. The van der Waals surface area contributed by atoms with Gasteiger partial charge in [0.1, 0.15) is 11.4 Å². The van der Waals surface area contributed by atoms with E-state index in [1.807, 2.05) is 48.5 Å². The monoisotopic (exact) mass is 390 g/mol. The van der Waals surface area contributed by atoms with Crippen LogP contribution in [0.1, 0.15) is 17.7 Å². The van der Waals surface area contributed by atoms with Crippen molar-refractivity contribution in [1.29, 1.82) is 0 Å². The van der Waals surface area contributed by atoms with Gasteiger partial charge in [-0.25, -0.2) is 0 Å². The number of aliphatic hydroxyl groups is 1. The van der Waals surface area contributed by atoms with E-state index in [4.69, 9.17) is 28.3 Å². The van der Waals surface area contributed by atoms with Gasteiger partial charge < -0.3 is 10.4 Å². The topological polar surface area (TPSA) is 63.0 Å². The second-order valence-corrected chi connectivity index (χ2v) is 6.66. The van der Waals surface area contributed by atoms with E-state index in [1.54, 1.807) is 4.80 Å². The molecule has 2 aromatic carbocycles. The van der Waals surface area contributed by atoms with E-state index in [9.17, 15) is 0 Å². The fourth-order valence-electron chi connectivity index (χ4n) is 2.63. The van der Waals surface area contributed by atoms with Gasteiger partial charge in [-0.05, 0) is 25.1 Å². The molecule has 0 aliphatic heterocycles. The number of aromatic nitrogens is 3. The molecule has 3 rings (SSSR count). The van der Waals surface area contributed by atoms with E-state index >= 15 is 0 Å². The van der Waals surface area contributed by atoms with Gasteiger partial charge in [-0.2, -0.15) is 15.0 Å². The van der Waals surface area contributed by atoms with Crippen molar-refractivity contribution in [3.8, 4) is 11.3 Å². The standard InChI is InChI=1S/C19H20Cl2N4O/c20-16-8-4-9-17(21)15(16)13-25-23-18(12-22-10-5-11-26)19(24-25)14-6-2-1-3-7-14/h1-4,6-9,22,26H,5,10-13H2. The predicted molar refractivity (Wildman–Crippen MR) is 104 cm³/mol. The Morgan fingerprint density at radius 2 is 1.69 bits per heavy atom. The Bertz CT molecular complexity index is 832. The Morgan fingerprint density at radius 3 is 2.38 bits per heavy atom. The van der Waals surface area contributed by atoms with Crippen LogP contribution in [0.5, 0.6) is 0 Å². The van der Waals surface area contributed by atoms with Crippen LogP contribution >= 0.6 is 23.2 Å².